The summed E-state index contributed by atoms with van der Waals surface area (Å²) >= 11 is 3.48. The second-order valence-corrected chi connectivity index (χ2v) is 6.28. The van der Waals surface area contributed by atoms with E-state index in [0.717, 1.165) is 23.0 Å². The SMILES string of the molecule is Cc1cc(N2C(C)CCCC2CN)c(Br)cc1[N+](=O)[O-]. The summed E-state index contributed by atoms with van der Waals surface area (Å²) in [5.74, 6) is 0. The monoisotopic (exact) mass is 341 g/mol. The number of hydrogen-bond acceptors (Lipinski definition) is 4. The van der Waals surface area contributed by atoms with Gasteiger partial charge in [0.25, 0.3) is 5.69 Å². The summed E-state index contributed by atoms with van der Waals surface area (Å²) < 4.78 is 0.766. The van der Waals surface area contributed by atoms with E-state index < -0.39 is 0 Å². The minimum atomic E-state index is -0.343. The predicted molar refractivity (Wildman–Crippen MR) is 84.2 cm³/mol. The third-order valence-corrected chi connectivity index (χ3v) is 4.67. The zero-order chi connectivity index (χ0) is 14.9. The van der Waals surface area contributed by atoms with Crippen LogP contribution in [0.25, 0.3) is 0 Å². The molecule has 2 rings (SSSR count). The molecule has 1 aliphatic heterocycles. The standard InChI is InChI=1S/C14H20BrN3O2/c1-9-6-14(12(15)7-13(9)18(19)20)17-10(2)4-3-5-11(17)8-16/h6-7,10-11H,3-5,8,16H2,1-2H3. The number of halogens is 1. The van der Waals surface area contributed by atoms with Crippen molar-refractivity contribution in [1.82, 2.24) is 0 Å². The predicted octanol–water partition coefficient (Wildman–Crippen LogP) is 3.37. The molecular formula is C14H20BrN3O2. The van der Waals surface area contributed by atoms with Crippen molar-refractivity contribution in [3.8, 4) is 0 Å². The average molecular weight is 342 g/mol. The highest BCUT2D eigenvalue weighted by Crippen LogP contribution is 2.37. The van der Waals surface area contributed by atoms with E-state index in [-0.39, 0.29) is 10.6 Å². The lowest BCUT2D eigenvalue weighted by Crippen LogP contribution is -2.49. The second kappa shape index (κ2) is 6.10. The number of nitrogens with two attached hydrogens (primary N) is 1. The molecule has 0 aromatic heterocycles. The van der Waals surface area contributed by atoms with Crippen LogP contribution in [0.15, 0.2) is 16.6 Å². The van der Waals surface area contributed by atoms with Crippen LogP contribution in [0.1, 0.15) is 31.7 Å². The van der Waals surface area contributed by atoms with Crippen LogP contribution in [0.3, 0.4) is 0 Å². The highest BCUT2D eigenvalue weighted by atomic mass is 79.9. The highest BCUT2D eigenvalue weighted by molar-refractivity contribution is 9.10. The molecule has 0 spiro atoms. The molecule has 20 heavy (non-hydrogen) atoms. The maximum Gasteiger partial charge on any atom is 0.273 e. The Morgan fingerprint density at radius 3 is 2.80 bits per heavy atom. The van der Waals surface area contributed by atoms with Crippen molar-refractivity contribution in [3.05, 3.63) is 32.3 Å². The van der Waals surface area contributed by atoms with E-state index in [2.05, 4.69) is 27.8 Å². The van der Waals surface area contributed by atoms with Gasteiger partial charge in [0.1, 0.15) is 0 Å². The second-order valence-electron chi connectivity index (χ2n) is 5.42. The van der Waals surface area contributed by atoms with Crippen molar-refractivity contribution in [2.24, 2.45) is 5.73 Å². The summed E-state index contributed by atoms with van der Waals surface area (Å²) in [6.07, 6.45) is 3.38. The Hall–Kier alpha value is -1.14. The lowest BCUT2D eigenvalue weighted by Gasteiger charge is -2.42. The molecule has 1 fully saturated rings. The van der Waals surface area contributed by atoms with Gasteiger partial charge < -0.3 is 10.6 Å². The molecule has 2 atom stereocenters. The van der Waals surface area contributed by atoms with Crippen LogP contribution >= 0.6 is 15.9 Å². The fourth-order valence-electron chi connectivity index (χ4n) is 3.00. The first-order chi connectivity index (χ1) is 9.45. The number of nitrogens with zero attached hydrogens (tertiary/aromatic N) is 2. The minimum Gasteiger partial charge on any atom is -0.364 e. The molecule has 1 heterocycles. The summed E-state index contributed by atoms with van der Waals surface area (Å²) in [4.78, 5) is 13.0. The molecule has 6 heteroatoms. The number of rotatable bonds is 3. The molecule has 1 aromatic carbocycles. The first-order valence-electron chi connectivity index (χ1n) is 6.88. The molecule has 5 nitrogen and oxygen atoms in total. The van der Waals surface area contributed by atoms with Crippen molar-refractivity contribution in [2.75, 3.05) is 11.4 Å². The molecule has 0 saturated carbocycles. The van der Waals surface area contributed by atoms with Crippen molar-refractivity contribution in [3.63, 3.8) is 0 Å². The Morgan fingerprint density at radius 1 is 1.50 bits per heavy atom. The molecule has 0 bridgehead atoms. The summed E-state index contributed by atoms with van der Waals surface area (Å²) in [5, 5.41) is 11.0. The van der Waals surface area contributed by atoms with Gasteiger partial charge in [-0.25, -0.2) is 0 Å². The average Bonchev–Trinajstić information content (AvgIpc) is 2.40. The maximum atomic E-state index is 11.0. The topological polar surface area (TPSA) is 72.4 Å². The van der Waals surface area contributed by atoms with Gasteiger partial charge in [-0.15, -0.1) is 0 Å². The van der Waals surface area contributed by atoms with E-state index >= 15 is 0 Å². The third kappa shape index (κ3) is 2.81. The highest BCUT2D eigenvalue weighted by Gasteiger charge is 2.29. The van der Waals surface area contributed by atoms with Gasteiger partial charge in [0.2, 0.25) is 0 Å². The van der Waals surface area contributed by atoms with E-state index in [1.54, 1.807) is 13.0 Å². The lowest BCUT2D eigenvalue weighted by atomic mass is 9.95. The number of benzene rings is 1. The summed E-state index contributed by atoms with van der Waals surface area (Å²) in [6, 6.07) is 4.19. The van der Waals surface area contributed by atoms with E-state index in [1.807, 2.05) is 6.07 Å². The van der Waals surface area contributed by atoms with E-state index in [4.69, 9.17) is 5.73 Å². The van der Waals surface area contributed by atoms with Gasteiger partial charge in [0, 0.05) is 34.7 Å². The first kappa shape index (κ1) is 15.3. The molecule has 1 aromatic rings. The van der Waals surface area contributed by atoms with Gasteiger partial charge in [0.05, 0.1) is 10.6 Å². The van der Waals surface area contributed by atoms with Gasteiger partial charge in [-0.05, 0) is 55.1 Å². The molecule has 0 aliphatic carbocycles. The number of nitro benzene ring substituents is 1. The summed E-state index contributed by atoms with van der Waals surface area (Å²) in [5.41, 5.74) is 7.73. The van der Waals surface area contributed by atoms with Crippen LogP contribution in [0.5, 0.6) is 0 Å². The lowest BCUT2D eigenvalue weighted by molar-refractivity contribution is -0.385. The largest absolute Gasteiger partial charge is 0.364 e. The third-order valence-electron chi connectivity index (χ3n) is 4.04. The minimum absolute atomic E-state index is 0.148. The van der Waals surface area contributed by atoms with Crippen molar-refractivity contribution in [2.45, 2.75) is 45.2 Å². The molecule has 2 N–H and O–H groups in total. The normalized spacial score (nSPS) is 22.9. The number of hydrogen-bond donors (Lipinski definition) is 1. The Balaban J connectivity index is 2.45. The van der Waals surface area contributed by atoms with Crippen molar-refractivity contribution in [1.29, 1.82) is 0 Å². The summed E-state index contributed by atoms with van der Waals surface area (Å²) in [6.45, 7) is 4.57. The molecule has 2 unspecified atom stereocenters. The maximum absolute atomic E-state index is 11.0. The molecule has 1 saturated heterocycles. The van der Waals surface area contributed by atoms with Gasteiger partial charge >= 0.3 is 0 Å². The fraction of sp³-hybridized carbons (Fsp3) is 0.571. The van der Waals surface area contributed by atoms with Crippen LogP contribution in [0.2, 0.25) is 0 Å². The smallest absolute Gasteiger partial charge is 0.273 e. The Labute approximate surface area is 127 Å². The molecule has 1 aliphatic rings. The summed E-state index contributed by atoms with van der Waals surface area (Å²) in [7, 11) is 0. The van der Waals surface area contributed by atoms with Gasteiger partial charge in [-0.1, -0.05) is 0 Å². The van der Waals surface area contributed by atoms with Crippen LogP contribution in [-0.2, 0) is 0 Å². The number of piperidine rings is 1. The first-order valence-corrected chi connectivity index (χ1v) is 7.68. The van der Waals surface area contributed by atoms with Crippen LogP contribution in [-0.4, -0.2) is 23.6 Å². The zero-order valence-corrected chi connectivity index (χ0v) is 13.4. The number of nitro groups is 1. The van der Waals surface area contributed by atoms with Crippen LogP contribution in [0, 0.1) is 17.0 Å². The fourth-order valence-corrected chi connectivity index (χ4v) is 3.54. The van der Waals surface area contributed by atoms with Gasteiger partial charge in [-0.2, -0.15) is 0 Å². The number of anilines is 1. The quantitative estimate of drug-likeness (QED) is 0.675. The van der Waals surface area contributed by atoms with Gasteiger partial charge in [0.15, 0.2) is 0 Å². The van der Waals surface area contributed by atoms with Crippen LogP contribution in [0.4, 0.5) is 11.4 Å². The molecule has 110 valence electrons. The Kier molecular flexibility index (Phi) is 4.65. The molecule has 0 radical (unpaired) electrons. The molecule has 0 amide bonds. The molecular weight excluding hydrogens is 322 g/mol. The number of aryl methyl sites for hydroxylation is 1. The zero-order valence-electron chi connectivity index (χ0n) is 11.8. The Bertz CT molecular complexity index is 521. The van der Waals surface area contributed by atoms with Crippen molar-refractivity contribution < 1.29 is 4.92 Å². The van der Waals surface area contributed by atoms with E-state index in [0.29, 0.717) is 24.2 Å². The van der Waals surface area contributed by atoms with Crippen molar-refractivity contribution >= 4 is 27.3 Å². The van der Waals surface area contributed by atoms with E-state index in [9.17, 15) is 10.1 Å². The van der Waals surface area contributed by atoms with Crippen LogP contribution < -0.4 is 10.6 Å². The van der Waals surface area contributed by atoms with E-state index in [1.165, 1.54) is 6.42 Å². The van der Waals surface area contributed by atoms with Gasteiger partial charge in [-0.3, -0.25) is 10.1 Å². The Morgan fingerprint density at radius 2 is 2.20 bits per heavy atom.